The van der Waals surface area contributed by atoms with Gasteiger partial charge in [0.25, 0.3) is 0 Å². The van der Waals surface area contributed by atoms with E-state index in [-0.39, 0.29) is 25.4 Å². The van der Waals surface area contributed by atoms with Gasteiger partial charge >= 0.3 is 6.18 Å². The van der Waals surface area contributed by atoms with E-state index >= 15 is 0 Å². The molecule has 198 valence electrons. The number of aromatic amines is 1. The first-order chi connectivity index (χ1) is 17.6. The molecule has 1 aromatic heterocycles. The van der Waals surface area contributed by atoms with E-state index in [4.69, 9.17) is 27.9 Å². The Kier molecular flexibility index (Phi) is 6.93. The summed E-state index contributed by atoms with van der Waals surface area (Å²) < 4.78 is 44.9. The van der Waals surface area contributed by atoms with Crippen molar-refractivity contribution in [2.24, 2.45) is 5.41 Å². The van der Waals surface area contributed by atoms with Crippen LogP contribution in [0, 0.1) is 5.41 Å². The molecule has 1 aliphatic heterocycles. The van der Waals surface area contributed by atoms with Gasteiger partial charge < -0.3 is 25.3 Å². The van der Waals surface area contributed by atoms with Crippen LogP contribution in [0.4, 0.5) is 30.5 Å². The van der Waals surface area contributed by atoms with Gasteiger partial charge in [-0.25, -0.2) is 4.98 Å². The number of nitrogens with zero attached hydrogens (tertiary/aromatic N) is 2. The van der Waals surface area contributed by atoms with E-state index in [9.17, 15) is 18.0 Å². The molecule has 1 unspecified atom stereocenters. The first kappa shape index (κ1) is 25.9. The summed E-state index contributed by atoms with van der Waals surface area (Å²) in [5.74, 6) is -0.574. The lowest BCUT2D eigenvalue weighted by Gasteiger charge is -2.27. The fourth-order valence-electron chi connectivity index (χ4n) is 4.84. The van der Waals surface area contributed by atoms with Crippen molar-refractivity contribution in [1.82, 2.24) is 15.3 Å². The molecule has 5 rings (SSSR count). The van der Waals surface area contributed by atoms with Crippen molar-refractivity contribution in [1.29, 1.82) is 0 Å². The van der Waals surface area contributed by atoms with Crippen LogP contribution < -0.4 is 15.5 Å². The summed E-state index contributed by atoms with van der Waals surface area (Å²) in [4.78, 5) is 22.2. The Morgan fingerprint density at radius 3 is 2.73 bits per heavy atom. The third-order valence-electron chi connectivity index (χ3n) is 7.06. The Labute approximate surface area is 221 Å². The Hall–Kier alpha value is -2.69. The predicted octanol–water partition coefficient (Wildman–Crippen LogP) is 6.19. The molecule has 0 spiro atoms. The number of hydrogen-bond donors (Lipinski definition) is 3. The van der Waals surface area contributed by atoms with Gasteiger partial charge in [0.05, 0.1) is 45.1 Å². The highest BCUT2D eigenvalue weighted by Crippen LogP contribution is 2.57. The number of imidazole rings is 1. The van der Waals surface area contributed by atoms with Gasteiger partial charge in [-0.1, -0.05) is 29.3 Å². The summed E-state index contributed by atoms with van der Waals surface area (Å²) in [6.45, 7) is 1.46. The average molecular weight is 556 g/mol. The molecule has 1 saturated carbocycles. The van der Waals surface area contributed by atoms with Crippen molar-refractivity contribution in [3.05, 3.63) is 45.9 Å². The summed E-state index contributed by atoms with van der Waals surface area (Å²) in [5.41, 5.74) is 1.19. The number of carbonyl (C=O) groups excluding carboxylic acids is 1. The summed E-state index contributed by atoms with van der Waals surface area (Å²) in [6, 6.07) is 8.96. The Morgan fingerprint density at radius 2 is 2.03 bits per heavy atom. The quantitative estimate of drug-likeness (QED) is 0.309. The van der Waals surface area contributed by atoms with Gasteiger partial charge in [0.15, 0.2) is 0 Å². The van der Waals surface area contributed by atoms with E-state index in [0.717, 1.165) is 30.6 Å². The van der Waals surface area contributed by atoms with Crippen LogP contribution in [0.5, 0.6) is 0 Å². The summed E-state index contributed by atoms with van der Waals surface area (Å²) in [6.07, 6.45) is -2.82. The van der Waals surface area contributed by atoms with Crippen molar-refractivity contribution in [3.63, 3.8) is 0 Å². The molecule has 3 aromatic rings. The van der Waals surface area contributed by atoms with Crippen LogP contribution >= 0.6 is 23.2 Å². The topological polar surface area (TPSA) is 82.3 Å². The predicted molar refractivity (Wildman–Crippen MR) is 138 cm³/mol. The molecule has 0 radical (unpaired) electrons. The molecular weight excluding hydrogens is 530 g/mol. The lowest BCUT2D eigenvalue weighted by Crippen LogP contribution is -2.40. The van der Waals surface area contributed by atoms with Gasteiger partial charge in [-0.15, -0.1) is 0 Å². The molecule has 1 aliphatic carbocycles. The number of alkyl halides is 3. The lowest BCUT2D eigenvalue weighted by molar-refractivity contribution is -0.192. The van der Waals surface area contributed by atoms with Gasteiger partial charge in [0.2, 0.25) is 11.9 Å². The molecule has 12 heteroatoms. The Balaban J connectivity index is 1.32. The van der Waals surface area contributed by atoms with Crippen molar-refractivity contribution < 1.29 is 22.7 Å². The molecule has 0 bridgehead atoms. The van der Waals surface area contributed by atoms with E-state index in [0.29, 0.717) is 39.4 Å². The number of benzene rings is 2. The van der Waals surface area contributed by atoms with E-state index in [1.165, 1.54) is 0 Å². The van der Waals surface area contributed by atoms with E-state index in [1.54, 1.807) is 31.4 Å². The molecule has 7 nitrogen and oxygen atoms in total. The van der Waals surface area contributed by atoms with Crippen LogP contribution in [-0.4, -0.2) is 48.4 Å². The van der Waals surface area contributed by atoms with Crippen LogP contribution in [0.1, 0.15) is 31.2 Å². The highest BCUT2D eigenvalue weighted by Gasteiger charge is 2.68. The largest absolute Gasteiger partial charge is 0.403 e. The van der Waals surface area contributed by atoms with Crippen LogP contribution in [-0.2, 0) is 16.1 Å². The number of amides is 1. The molecule has 2 heterocycles. The van der Waals surface area contributed by atoms with E-state index in [2.05, 4.69) is 25.5 Å². The number of hydrogen-bond acceptors (Lipinski definition) is 5. The van der Waals surface area contributed by atoms with Crippen LogP contribution in [0.25, 0.3) is 11.0 Å². The number of aromatic nitrogens is 2. The number of ether oxygens (including phenoxy) is 1. The van der Waals surface area contributed by atoms with Crippen molar-refractivity contribution in [3.8, 4) is 0 Å². The second kappa shape index (κ2) is 9.89. The fraction of sp³-hybridized carbons (Fsp3) is 0.440. The monoisotopic (exact) mass is 555 g/mol. The van der Waals surface area contributed by atoms with Gasteiger partial charge in [0, 0.05) is 20.2 Å². The zero-order valence-electron chi connectivity index (χ0n) is 20.0. The van der Waals surface area contributed by atoms with Gasteiger partial charge in [-0.2, -0.15) is 13.2 Å². The lowest BCUT2D eigenvalue weighted by atomic mass is 10.1. The standard InChI is InChI=1S/C25H26Cl2F3N5O2/c1-37-13-15-3-2-8-35(15)21-11-20-19(10-17(21)27)33-23(34-20)32-18-9-14(4-5-16(18)26)12-31-22(36)24(6-7-24)25(28,29)30/h4-5,9-11,15H,2-3,6-8,12-13H2,1H3,(H,31,36)(H2,32,33,34). The summed E-state index contributed by atoms with van der Waals surface area (Å²) in [7, 11) is 1.69. The number of halogens is 5. The Bertz CT molecular complexity index is 1330. The van der Waals surface area contributed by atoms with Gasteiger partial charge in [0.1, 0.15) is 5.41 Å². The third-order valence-corrected chi connectivity index (χ3v) is 7.69. The maximum Gasteiger partial charge on any atom is 0.403 e. The number of carbonyl (C=O) groups is 1. The minimum atomic E-state index is -4.55. The summed E-state index contributed by atoms with van der Waals surface area (Å²) >= 11 is 13.0. The fourth-order valence-corrected chi connectivity index (χ4v) is 5.27. The molecule has 1 atom stereocenters. The maximum atomic E-state index is 13.2. The van der Waals surface area contributed by atoms with Crippen molar-refractivity contribution >= 4 is 57.5 Å². The minimum absolute atomic E-state index is 0.0555. The van der Waals surface area contributed by atoms with Crippen molar-refractivity contribution in [2.75, 3.05) is 30.5 Å². The number of fused-ring (bicyclic) bond motifs is 1. The zero-order valence-corrected chi connectivity index (χ0v) is 21.5. The van der Waals surface area contributed by atoms with Crippen molar-refractivity contribution in [2.45, 2.75) is 44.4 Å². The number of anilines is 3. The van der Waals surface area contributed by atoms with E-state index in [1.807, 2.05) is 6.07 Å². The molecule has 3 N–H and O–H groups in total. The third kappa shape index (κ3) is 5.06. The summed E-state index contributed by atoms with van der Waals surface area (Å²) in [5, 5.41) is 6.52. The second-order valence-corrected chi connectivity index (χ2v) is 10.4. The van der Waals surface area contributed by atoms with Gasteiger partial charge in [-0.3, -0.25) is 4.79 Å². The zero-order chi connectivity index (χ0) is 26.4. The van der Waals surface area contributed by atoms with Crippen LogP contribution in [0.15, 0.2) is 30.3 Å². The second-order valence-electron chi connectivity index (χ2n) is 9.55. The first-order valence-corrected chi connectivity index (χ1v) is 12.7. The molecule has 37 heavy (non-hydrogen) atoms. The SMILES string of the molecule is COCC1CCCN1c1cc2[nH]c(Nc3cc(CNC(=O)C4(C(F)(F)F)CC4)ccc3Cl)nc2cc1Cl. The van der Waals surface area contributed by atoms with Gasteiger partial charge in [-0.05, 0) is 55.5 Å². The number of rotatable bonds is 8. The van der Waals surface area contributed by atoms with E-state index < -0.39 is 17.5 Å². The molecule has 2 aromatic carbocycles. The smallest absolute Gasteiger partial charge is 0.383 e. The first-order valence-electron chi connectivity index (χ1n) is 12.0. The highest BCUT2D eigenvalue weighted by molar-refractivity contribution is 6.34. The number of nitrogens with one attached hydrogen (secondary N) is 3. The molecule has 2 fully saturated rings. The molecular formula is C25H26Cl2F3N5O2. The highest BCUT2D eigenvalue weighted by atomic mass is 35.5. The number of H-pyrrole nitrogens is 1. The molecule has 2 aliphatic rings. The van der Waals surface area contributed by atoms with Crippen LogP contribution in [0.3, 0.4) is 0 Å². The van der Waals surface area contributed by atoms with Crippen LogP contribution in [0.2, 0.25) is 10.0 Å². The molecule has 1 saturated heterocycles. The normalized spacial score (nSPS) is 18.9. The average Bonchev–Trinajstić information content (AvgIpc) is 3.42. The Morgan fingerprint density at radius 1 is 1.24 bits per heavy atom. The minimum Gasteiger partial charge on any atom is -0.383 e. The maximum absolute atomic E-state index is 13.2. The molecule has 1 amide bonds. The number of methoxy groups -OCH3 is 1.